The number of hydrogen-bond acceptors (Lipinski definition) is 5. The number of anilines is 1. The van der Waals surface area contributed by atoms with E-state index in [4.69, 9.17) is 9.47 Å². The number of pyridine rings is 1. The Balaban J connectivity index is 1.72. The maximum atomic E-state index is 13.0. The van der Waals surface area contributed by atoms with Crippen LogP contribution in [0.15, 0.2) is 67.0 Å². The number of carbonyl (C=O) groups excluding carboxylic acids is 2. The van der Waals surface area contributed by atoms with E-state index in [1.807, 2.05) is 45.0 Å². The molecule has 1 aromatic heterocycles. The summed E-state index contributed by atoms with van der Waals surface area (Å²) in [5, 5.41) is 5.75. The first-order valence-electron chi connectivity index (χ1n) is 10.8. The van der Waals surface area contributed by atoms with Gasteiger partial charge in [-0.3, -0.25) is 14.6 Å². The number of methoxy groups -OCH3 is 1. The molecule has 3 rings (SSSR count). The predicted molar refractivity (Wildman–Crippen MR) is 127 cm³/mol. The number of nitrogens with zero attached hydrogens (tertiary/aromatic N) is 1. The molecule has 0 aliphatic rings. The van der Waals surface area contributed by atoms with Gasteiger partial charge >= 0.3 is 0 Å². The minimum Gasteiger partial charge on any atom is -0.493 e. The SMILES string of the molecule is COc1ccc(NC(=O)C(NC(=O)c2ccccc2C)C(C)C)cc1OCc1cccnc1. The van der Waals surface area contributed by atoms with Gasteiger partial charge in [0.25, 0.3) is 5.91 Å². The van der Waals surface area contributed by atoms with Crippen molar-refractivity contribution in [1.82, 2.24) is 10.3 Å². The molecule has 2 amide bonds. The number of aromatic nitrogens is 1. The van der Waals surface area contributed by atoms with Gasteiger partial charge in [-0.15, -0.1) is 0 Å². The summed E-state index contributed by atoms with van der Waals surface area (Å²) in [4.78, 5) is 29.9. The molecule has 2 aromatic carbocycles. The lowest BCUT2D eigenvalue weighted by atomic mass is 10.0. The number of nitrogens with one attached hydrogen (secondary N) is 2. The van der Waals surface area contributed by atoms with Gasteiger partial charge in [0.1, 0.15) is 12.6 Å². The van der Waals surface area contributed by atoms with Crippen molar-refractivity contribution in [2.24, 2.45) is 5.92 Å². The van der Waals surface area contributed by atoms with Gasteiger partial charge in [-0.25, -0.2) is 0 Å². The minimum absolute atomic E-state index is 0.113. The lowest BCUT2D eigenvalue weighted by molar-refractivity contribution is -0.118. The topological polar surface area (TPSA) is 89.6 Å². The molecule has 0 bridgehead atoms. The van der Waals surface area contributed by atoms with Crippen LogP contribution in [0.2, 0.25) is 0 Å². The van der Waals surface area contributed by atoms with Crippen LogP contribution >= 0.6 is 0 Å². The lowest BCUT2D eigenvalue weighted by Crippen LogP contribution is -2.47. The van der Waals surface area contributed by atoms with Gasteiger partial charge in [-0.05, 0) is 42.7 Å². The van der Waals surface area contributed by atoms with Gasteiger partial charge in [0, 0.05) is 35.3 Å². The van der Waals surface area contributed by atoms with Gasteiger partial charge in [-0.1, -0.05) is 38.1 Å². The van der Waals surface area contributed by atoms with Crippen LogP contribution in [0.4, 0.5) is 5.69 Å². The quantitative estimate of drug-likeness (QED) is 0.508. The lowest BCUT2D eigenvalue weighted by Gasteiger charge is -2.22. The number of benzene rings is 2. The third kappa shape index (κ3) is 6.32. The highest BCUT2D eigenvalue weighted by Crippen LogP contribution is 2.31. The maximum absolute atomic E-state index is 13.0. The molecule has 7 nitrogen and oxygen atoms in total. The third-order valence-corrected chi connectivity index (χ3v) is 5.17. The molecule has 33 heavy (non-hydrogen) atoms. The van der Waals surface area contributed by atoms with Crippen LogP contribution in [0, 0.1) is 12.8 Å². The standard InChI is InChI=1S/C26H29N3O4/c1-17(2)24(29-25(30)21-10-6-5-8-18(21)3)26(31)28-20-11-12-22(32-4)23(14-20)33-16-19-9-7-13-27-15-19/h5-15,17,24H,16H2,1-4H3,(H,28,31)(H,29,30). The highest BCUT2D eigenvalue weighted by atomic mass is 16.5. The molecule has 3 aromatic rings. The van der Waals surface area contributed by atoms with Crippen molar-refractivity contribution in [2.75, 3.05) is 12.4 Å². The van der Waals surface area contributed by atoms with Crippen LogP contribution in [0.5, 0.6) is 11.5 Å². The summed E-state index contributed by atoms with van der Waals surface area (Å²) in [5.41, 5.74) is 2.85. The predicted octanol–water partition coefficient (Wildman–Crippen LogP) is 4.37. The Kier molecular flexibility index (Phi) is 8.02. The van der Waals surface area contributed by atoms with Gasteiger partial charge in [0.05, 0.1) is 7.11 Å². The van der Waals surface area contributed by atoms with Gasteiger partial charge in [0.2, 0.25) is 5.91 Å². The summed E-state index contributed by atoms with van der Waals surface area (Å²) in [6, 6.07) is 15.5. The highest BCUT2D eigenvalue weighted by molar-refractivity contribution is 6.02. The first kappa shape index (κ1) is 23.8. The molecule has 1 heterocycles. The molecule has 0 saturated heterocycles. The second-order valence-electron chi connectivity index (χ2n) is 8.01. The van der Waals surface area contributed by atoms with E-state index in [-0.39, 0.29) is 17.7 Å². The summed E-state index contributed by atoms with van der Waals surface area (Å²) < 4.78 is 11.3. The monoisotopic (exact) mass is 447 g/mol. The fraction of sp³-hybridized carbons (Fsp3) is 0.269. The Morgan fingerprint density at radius 1 is 1.03 bits per heavy atom. The number of amides is 2. The zero-order valence-electron chi connectivity index (χ0n) is 19.3. The van der Waals surface area contributed by atoms with Crippen LogP contribution in [0.1, 0.15) is 35.3 Å². The van der Waals surface area contributed by atoms with Crippen molar-refractivity contribution in [3.8, 4) is 11.5 Å². The molecule has 0 spiro atoms. The number of rotatable bonds is 9. The van der Waals surface area contributed by atoms with E-state index in [1.165, 1.54) is 0 Å². The van der Waals surface area contributed by atoms with Crippen molar-refractivity contribution in [2.45, 2.75) is 33.4 Å². The fourth-order valence-corrected chi connectivity index (χ4v) is 3.31. The largest absolute Gasteiger partial charge is 0.493 e. The van der Waals surface area contributed by atoms with Crippen molar-refractivity contribution < 1.29 is 19.1 Å². The molecule has 1 atom stereocenters. The molecule has 0 radical (unpaired) electrons. The number of carbonyl (C=O) groups is 2. The molecule has 1 unspecified atom stereocenters. The Morgan fingerprint density at radius 3 is 2.48 bits per heavy atom. The molecule has 2 N–H and O–H groups in total. The van der Waals surface area contributed by atoms with Gasteiger partial charge in [-0.2, -0.15) is 0 Å². The number of hydrogen-bond donors (Lipinski definition) is 2. The third-order valence-electron chi connectivity index (χ3n) is 5.17. The summed E-state index contributed by atoms with van der Waals surface area (Å²) in [6.45, 7) is 5.95. The van der Waals surface area contributed by atoms with E-state index >= 15 is 0 Å². The van der Waals surface area contributed by atoms with Crippen LogP contribution in [0.25, 0.3) is 0 Å². The zero-order chi connectivity index (χ0) is 23.8. The van der Waals surface area contributed by atoms with E-state index in [0.29, 0.717) is 29.4 Å². The van der Waals surface area contributed by atoms with Crippen molar-refractivity contribution >= 4 is 17.5 Å². The average molecular weight is 448 g/mol. The minimum atomic E-state index is -0.709. The van der Waals surface area contributed by atoms with E-state index in [9.17, 15) is 9.59 Å². The van der Waals surface area contributed by atoms with Gasteiger partial charge < -0.3 is 20.1 Å². The molecular formula is C26H29N3O4. The normalized spacial score (nSPS) is 11.5. The van der Waals surface area contributed by atoms with Crippen molar-refractivity contribution in [1.29, 1.82) is 0 Å². The van der Waals surface area contributed by atoms with E-state index in [0.717, 1.165) is 11.1 Å². The second-order valence-corrected chi connectivity index (χ2v) is 8.01. The molecule has 0 aliphatic heterocycles. The van der Waals surface area contributed by atoms with Crippen LogP contribution in [0.3, 0.4) is 0 Å². The summed E-state index contributed by atoms with van der Waals surface area (Å²) in [6.07, 6.45) is 3.42. The van der Waals surface area contributed by atoms with Crippen molar-refractivity contribution in [3.05, 3.63) is 83.7 Å². The molecule has 172 valence electrons. The van der Waals surface area contributed by atoms with Crippen molar-refractivity contribution in [3.63, 3.8) is 0 Å². The first-order valence-corrected chi connectivity index (χ1v) is 10.8. The Morgan fingerprint density at radius 2 is 1.82 bits per heavy atom. The second kappa shape index (κ2) is 11.1. The van der Waals surface area contributed by atoms with Crippen LogP contribution in [-0.2, 0) is 11.4 Å². The average Bonchev–Trinajstić information content (AvgIpc) is 2.81. The molecule has 0 saturated carbocycles. The van der Waals surface area contributed by atoms with E-state index in [2.05, 4.69) is 15.6 Å². The van der Waals surface area contributed by atoms with E-state index < -0.39 is 6.04 Å². The maximum Gasteiger partial charge on any atom is 0.252 e. The molecule has 0 aliphatic carbocycles. The fourth-order valence-electron chi connectivity index (χ4n) is 3.31. The molecule has 0 fully saturated rings. The van der Waals surface area contributed by atoms with Crippen LogP contribution in [-0.4, -0.2) is 29.9 Å². The Bertz CT molecular complexity index is 1100. The van der Waals surface area contributed by atoms with Crippen LogP contribution < -0.4 is 20.1 Å². The first-order chi connectivity index (χ1) is 15.9. The number of ether oxygens (including phenoxy) is 2. The summed E-state index contributed by atoms with van der Waals surface area (Å²) >= 11 is 0. The Labute approximate surface area is 194 Å². The summed E-state index contributed by atoms with van der Waals surface area (Å²) in [7, 11) is 1.56. The number of aryl methyl sites for hydroxylation is 1. The van der Waals surface area contributed by atoms with Gasteiger partial charge in [0.15, 0.2) is 11.5 Å². The smallest absolute Gasteiger partial charge is 0.252 e. The zero-order valence-corrected chi connectivity index (χ0v) is 19.3. The molecular weight excluding hydrogens is 418 g/mol. The molecule has 7 heteroatoms. The van der Waals surface area contributed by atoms with E-state index in [1.54, 1.807) is 49.8 Å². The summed E-state index contributed by atoms with van der Waals surface area (Å²) in [5.74, 6) is 0.333. The highest BCUT2D eigenvalue weighted by Gasteiger charge is 2.25. The Hall–Kier alpha value is -3.87.